The van der Waals surface area contributed by atoms with E-state index in [9.17, 15) is 13.2 Å². The molecule has 0 bridgehead atoms. The highest BCUT2D eigenvalue weighted by Gasteiger charge is 2.23. The summed E-state index contributed by atoms with van der Waals surface area (Å²) in [6.45, 7) is 4.19. The second-order valence-electron chi connectivity index (χ2n) is 9.00. The zero-order valence-corrected chi connectivity index (χ0v) is 21.6. The lowest BCUT2D eigenvalue weighted by Crippen LogP contribution is -2.29. The van der Waals surface area contributed by atoms with Crippen molar-refractivity contribution in [1.29, 1.82) is 0 Å². The number of fused-ring (bicyclic) bond motifs is 2. The highest BCUT2D eigenvalue weighted by molar-refractivity contribution is 7.89. The van der Waals surface area contributed by atoms with Crippen molar-refractivity contribution in [2.24, 2.45) is 0 Å². The van der Waals surface area contributed by atoms with Crippen LogP contribution in [0.2, 0.25) is 0 Å². The average molecular weight is 515 g/mol. The highest BCUT2D eigenvalue weighted by atomic mass is 32.2. The molecule has 0 aliphatic heterocycles. The van der Waals surface area contributed by atoms with E-state index in [1.807, 2.05) is 74.5 Å². The predicted molar refractivity (Wildman–Crippen MR) is 144 cm³/mol. The third-order valence-corrected chi connectivity index (χ3v) is 6.77. The minimum Gasteiger partial charge on any atom is -0.493 e. The number of rotatable bonds is 7. The number of benzene rings is 3. The van der Waals surface area contributed by atoms with Crippen molar-refractivity contribution < 1.29 is 22.4 Å². The number of hydrogen-bond acceptors (Lipinski definition) is 6. The Labute approximate surface area is 215 Å². The van der Waals surface area contributed by atoms with Gasteiger partial charge in [0.25, 0.3) is 5.91 Å². The molecular weight excluding hydrogens is 488 g/mol. The van der Waals surface area contributed by atoms with E-state index < -0.39 is 15.9 Å². The number of nitrogens with one attached hydrogen (secondary N) is 1. The molecule has 0 aliphatic carbocycles. The summed E-state index contributed by atoms with van der Waals surface area (Å²) in [4.78, 5) is 18.1. The Bertz CT molecular complexity index is 1740. The number of amides is 1. The van der Waals surface area contributed by atoms with Gasteiger partial charge in [0.2, 0.25) is 10.0 Å². The maximum absolute atomic E-state index is 13.3. The van der Waals surface area contributed by atoms with Gasteiger partial charge in [-0.25, -0.2) is 18.1 Å². The molecule has 0 unspecified atom stereocenters. The lowest BCUT2D eigenvalue weighted by atomic mass is 10.0. The molecule has 5 rings (SSSR count). The SMILES string of the molecule is Cc1c(-c2cc(C(=O)NS(C)(=O)=O)c3c(OCCc4ccccc4)ccc(C)c3n2)oc2ccccc12. The summed E-state index contributed by atoms with van der Waals surface area (Å²) in [5, 5.41) is 1.39. The number of para-hydroxylation sites is 1. The van der Waals surface area contributed by atoms with Crippen LogP contribution in [0.5, 0.6) is 5.75 Å². The number of furan rings is 1. The van der Waals surface area contributed by atoms with Crippen molar-refractivity contribution in [2.45, 2.75) is 20.3 Å². The minimum atomic E-state index is -3.81. The van der Waals surface area contributed by atoms with E-state index >= 15 is 0 Å². The predicted octanol–water partition coefficient (Wildman–Crippen LogP) is 5.58. The zero-order chi connectivity index (χ0) is 26.2. The largest absolute Gasteiger partial charge is 0.493 e. The first kappa shape index (κ1) is 24.5. The van der Waals surface area contributed by atoms with E-state index in [-0.39, 0.29) is 5.56 Å². The van der Waals surface area contributed by atoms with Crippen LogP contribution < -0.4 is 9.46 Å². The quantitative estimate of drug-likeness (QED) is 0.305. The number of sulfonamides is 1. The molecule has 5 aromatic rings. The molecule has 3 aromatic carbocycles. The Hall–Kier alpha value is -4.17. The lowest BCUT2D eigenvalue weighted by molar-refractivity contribution is 0.0983. The van der Waals surface area contributed by atoms with Crippen LogP contribution in [-0.4, -0.2) is 32.2 Å². The van der Waals surface area contributed by atoms with Crippen molar-refractivity contribution in [3.05, 3.63) is 95.1 Å². The maximum atomic E-state index is 13.3. The van der Waals surface area contributed by atoms with Crippen LogP contribution in [0.3, 0.4) is 0 Å². The van der Waals surface area contributed by atoms with E-state index in [0.717, 1.165) is 28.3 Å². The summed E-state index contributed by atoms with van der Waals surface area (Å²) in [7, 11) is -3.81. The fourth-order valence-electron chi connectivity index (χ4n) is 4.42. The molecular formula is C29H26N2O5S. The van der Waals surface area contributed by atoms with E-state index in [2.05, 4.69) is 4.72 Å². The topological polar surface area (TPSA) is 98.5 Å². The van der Waals surface area contributed by atoms with Gasteiger partial charge in [0.1, 0.15) is 17.0 Å². The standard InChI is InChI=1S/C29H26N2O5S/c1-18-13-14-25(35-16-15-20-9-5-4-6-10-20)26-22(29(32)31-37(3,33)34)17-23(30-27(18)26)28-19(2)21-11-7-8-12-24(21)36-28/h4-14,17H,15-16H2,1-3H3,(H,31,32). The van der Waals surface area contributed by atoms with Gasteiger partial charge in [0.15, 0.2) is 5.76 Å². The lowest BCUT2D eigenvalue weighted by Gasteiger charge is -2.15. The molecule has 7 nitrogen and oxygen atoms in total. The van der Waals surface area contributed by atoms with Crippen LogP contribution in [0, 0.1) is 13.8 Å². The van der Waals surface area contributed by atoms with Gasteiger partial charge in [0.05, 0.1) is 29.3 Å². The van der Waals surface area contributed by atoms with Crippen LogP contribution in [0.15, 0.2) is 77.2 Å². The monoisotopic (exact) mass is 514 g/mol. The van der Waals surface area contributed by atoms with Crippen LogP contribution in [0.1, 0.15) is 27.0 Å². The molecule has 1 amide bonds. The van der Waals surface area contributed by atoms with Crippen molar-refractivity contribution in [3.8, 4) is 17.2 Å². The summed E-state index contributed by atoms with van der Waals surface area (Å²) in [5.74, 6) is 0.213. The van der Waals surface area contributed by atoms with Gasteiger partial charge in [-0.1, -0.05) is 54.6 Å². The Morgan fingerprint density at radius 3 is 2.46 bits per heavy atom. The molecule has 37 heavy (non-hydrogen) atoms. The summed E-state index contributed by atoms with van der Waals surface area (Å²) in [6.07, 6.45) is 1.62. The van der Waals surface area contributed by atoms with Crippen LogP contribution in [0.4, 0.5) is 0 Å². The molecule has 0 fully saturated rings. The third kappa shape index (κ3) is 5.06. The van der Waals surface area contributed by atoms with Gasteiger partial charge in [-0.3, -0.25) is 4.79 Å². The van der Waals surface area contributed by atoms with Crippen molar-refractivity contribution in [3.63, 3.8) is 0 Å². The summed E-state index contributed by atoms with van der Waals surface area (Å²) in [5.41, 5.74) is 4.63. The van der Waals surface area contributed by atoms with Gasteiger partial charge in [-0.15, -0.1) is 0 Å². The van der Waals surface area contributed by atoms with Crippen LogP contribution in [0.25, 0.3) is 33.3 Å². The molecule has 2 aromatic heterocycles. The molecule has 8 heteroatoms. The van der Waals surface area contributed by atoms with Gasteiger partial charge in [-0.05, 0) is 43.2 Å². The second kappa shape index (κ2) is 9.71. The Balaban J connectivity index is 1.66. The molecule has 0 saturated heterocycles. The molecule has 1 N–H and O–H groups in total. The summed E-state index contributed by atoms with van der Waals surface area (Å²) >= 11 is 0. The molecule has 188 valence electrons. The summed E-state index contributed by atoms with van der Waals surface area (Å²) < 4.78 is 38.3. The van der Waals surface area contributed by atoms with Gasteiger partial charge >= 0.3 is 0 Å². The Morgan fingerprint density at radius 2 is 1.73 bits per heavy atom. The van der Waals surface area contributed by atoms with E-state index in [1.165, 1.54) is 0 Å². The first-order valence-corrected chi connectivity index (χ1v) is 13.7. The number of aryl methyl sites for hydroxylation is 2. The fraction of sp³-hybridized carbons (Fsp3) is 0.172. The van der Waals surface area contributed by atoms with E-state index in [1.54, 1.807) is 12.1 Å². The maximum Gasteiger partial charge on any atom is 0.265 e. The second-order valence-corrected chi connectivity index (χ2v) is 10.7. The van der Waals surface area contributed by atoms with Gasteiger partial charge < -0.3 is 9.15 Å². The highest BCUT2D eigenvalue weighted by Crippen LogP contribution is 2.37. The number of carbonyl (C=O) groups excluding carboxylic acids is 1. The normalized spacial score (nSPS) is 11.6. The van der Waals surface area contributed by atoms with Crippen molar-refractivity contribution in [1.82, 2.24) is 9.71 Å². The van der Waals surface area contributed by atoms with Crippen LogP contribution in [-0.2, 0) is 16.4 Å². The van der Waals surface area contributed by atoms with Gasteiger partial charge in [0, 0.05) is 17.4 Å². The molecule has 0 aliphatic rings. The molecule has 0 saturated carbocycles. The Kier molecular flexibility index (Phi) is 6.43. The van der Waals surface area contributed by atoms with Gasteiger partial charge in [-0.2, -0.15) is 0 Å². The summed E-state index contributed by atoms with van der Waals surface area (Å²) in [6, 6.07) is 22.8. The first-order valence-electron chi connectivity index (χ1n) is 11.8. The number of aromatic nitrogens is 1. The number of nitrogens with zero attached hydrogens (tertiary/aromatic N) is 1. The molecule has 2 heterocycles. The zero-order valence-electron chi connectivity index (χ0n) is 20.7. The number of carbonyl (C=O) groups is 1. The molecule has 0 spiro atoms. The van der Waals surface area contributed by atoms with Crippen LogP contribution >= 0.6 is 0 Å². The molecule has 0 radical (unpaired) electrons. The van der Waals surface area contributed by atoms with E-state index in [0.29, 0.717) is 46.7 Å². The number of ether oxygens (including phenoxy) is 1. The number of pyridine rings is 1. The molecule has 0 atom stereocenters. The average Bonchev–Trinajstić information content (AvgIpc) is 3.21. The Morgan fingerprint density at radius 1 is 1.00 bits per heavy atom. The first-order chi connectivity index (χ1) is 17.7. The van der Waals surface area contributed by atoms with E-state index in [4.69, 9.17) is 14.1 Å². The van der Waals surface area contributed by atoms with Crippen molar-refractivity contribution in [2.75, 3.05) is 12.9 Å². The third-order valence-electron chi connectivity index (χ3n) is 6.21. The fourth-order valence-corrected chi connectivity index (χ4v) is 4.87. The smallest absolute Gasteiger partial charge is 0.265 e. The van der Waals surface area contributed by atoms with Crippen molar-refractivity contribution >= 4 is 37.8 Å². The minimum absolute atomic E-state index is 0.142. The number of hydrogen-bond donors (Lipinski definition) is 1.